The van der Waals surface area contributed by atoms with Crippen LogP contribution in [0, 0.1) is 11.8 Å². The molecule has 29 heavy (non-hydrogen) atoms. The van der Waals surface area contributed by atoms with E-state index in [0.717, 1.165) is 50.4 Å². The molecule has 5 rings (SSSR count). The summed E-state index contributed by atoms with van der Waals surface area (Å²) in [7, 11) is 0. The lowest BCUT2D eigenvalue weighted by atomic mass is 9.90. The van der Waals surface area contributed by atoms with E-state index in [2.05, 4.69) is 6.92 Å². The summed E-state index contributed by atoms with van der Waals surface area (Å²) < 4.78 is 29.5. The average Bonchev–Trinajstić information content (AvgIpc) is 3.65. The van der Waals surface area contributed by atoms with Crippen LogP contribution >= 0.6 is 0 Å². The molecule has 5 nitrogen and oxygen atoms in total. The molecule has 0 amide bonds. The smallest absolute Gasteiger partial charge is 0.199 e. The van der Waals surface area contributed by atoms with Gasteiger partial charge in [0.05, 0.1) is 37.6 Å². The highest BCUT2D eigenvalue weighted by atomic mass is 16.7. The second-order valence-electron chi connectivity index (χ2n) is 9.24. The standard InChI is InChI=1S/C24H34O5/c1-2-3-24(26-15-17-5-11-21-23(13-17)29-21)27-19-8-6-18(7-9-19)25-14-16-4-10-20-22(12-16)28-20/h6-9,16-17,20-24H,2-5,10-15H2,1H3. The molecule has 7 atom stereocenters. The number of ether oxygens (including phenoxy) is 5. The normalized spacial score (nSPS) is 35.9. The number of rotatable bonds is 10. The molecule has 0 bridgehead atoms. The first-order valence-electron chi connectivity index (χ1n) is 11.6. The molecule has 4 fully saturated rings. The lowest BCUT2D eigenvalue weighted by Crippen LogP contribution is -2.26. The molecule has 2 aliphatic heterocycles. The van der Waals surface area contributed by atoms with E-state index in [-0.39, 0.29) is 6.29 Å². The molecule has 2 heterocycles. The van der Waals surface area contributed by atoms with E-state index in [9.17, 15) is 0 Å². The van der Waals surface area contributed by atoms with Crippen molar-refractivity contribution in [3.05, 3.63) is 24.3 Å². The monoisotopic (exact) mass is 402 g/mol. The van der Waals surface area contributed by atoms with E-state index in [1.807, 2.05) is 24.3 Å². The van der Waals surface area contributed by atoms with Crippen LogP contribution in [-0.4, -0.2) is 43.9 Å². The van der Waals surface area contributed by atoms with E-state index < -0.39 is 0 Å². The van der Waals surface area contributed by atoms with Crippen molar-refractivity contribution in [2.45, 2.75) is 89.0 Å². The summed E-state index contributed by atoms with van der Waals surface area (Å²) in [6.45, 7) is 3.72. The minimum atomic E-state index is -0.182. The molecule has 0 radical (unpaired) electrons. The van der Waals surface area contributed by atoms with Crippen molar-refractivity contribution < 1.29 is 23.7 Å². The summed E-state index contributed by atoms with van der Waals surface area (Å²) in [6.07, 6.45) is 11.0. The molecule has 0 aromatic heterocycles. The van der Waals surface area contributed by atoms with Gasteiger partial charge in [-0.15, -0.1) is 0 Å². The SMILES string of the molecule is CCCC(OCC1CCC2OC2C1)Oc1ccc(OCC2CCC3OC3C2)cc1. The van der Waals surface area contributed by atoms with Crippen LogP contribution in [0.15, 0.2) is 24.3 Å². The fourth-order valence-corrected chi connectivity index (χ4v) is 4.91. The molecular formula is C24H34O5. The topological polar surface area (TPSA) is 52.8 Å². The second kappa shape index (κ2) is 8.83. The van der Waals surface area contributed by atoms with Gasteiger partial charge in [0.2, 0.25) is 0 Å². The lowest BCUT2D eigenvalue weighted by molar-refractivity contribution is -0.0981. The summed E-state index contributed by atoms with van der Waals surface area (Å²) >= 11 is 0. The van der Waals surface area contributed by atoms with Crippen LogP contribution in [0.25, 0.3) is 0 Å². The van der Waals surface area contributed by atoms with Gasteiger partial charge in [-0.3, -0.25) is 0 Å². The summed E-state index contributed by atoms with van der Waals surface area (Å²) in [5, 5.41) is 0. The molecular weight excluding hydrogens is 368 g/mol. The molecule has 7 unspecified atom stereocenters. The van der Waals surface area contributed by atoms with Gasteiger partial charge in [-0.25, -0.2) is 0 Å². The minimum Gasteiger partial charge on any atom is -0.493 e. The van der Waals surface area contributed by atoms with Crippen molar-refractivity contribution in [1.29, 1.82) is 0 Å². The van der Waals surface area contributed by atoms with Gasteiger partial charge >= 0.3 is 0 Å². The molecule has 1 aromatic rings. The molecule has 2 saturated heterocycles. The quantitative estimate of drug-likeness (QED) is 0.419. The van der Waals surface area contributed by atoms with Crippen LogP contribution in [-0.2, 0) is 14.2 Å². The van der Waals surface area contributed by atoms with Gasteiger partial charge in [0.25, 0.3) is 0 Å². The molecule has 0 spiro atoms. The molecule has 4 aliphatic rings. The molecule has 5 heteroatoms. The maximum atomic E-state index is 6.14. The Labute approximate surface area is 174 Å². The Morgan fingerprint density at radius 3 is 2.07 bits per heavy atom. The van der Waals surface area contributed by atoms with Gasteiger partial charge in [-0.1, -0.05) is 13.3 Å². The maximum Gasteiger partial charge on any atom is 0.199 e. The van der Waals surface area contributed by atoms with Crippen LogP contribution in [0.2, 0.25) is 0 Å². The third kappa shape index (κ3) is 5.25. The molecule has 2 aliphatic carbocycles. The van der Waals surface area contributed by atoms with Crippen LogP contribution in [0.4, 0.5) is 0 Å². The Kier molecular flexibility index (Phi) is 5.98. The zero-order valence-corrected chi connectivity index (χ0v) is 17.5. The zero-order valence-electron chi connectivity index (χ0n) is 17.5. The van der Waals surface area contributed by atoms with Crippen LogP contribution in [0.1, 0.15) is 58.3 Å². The average molecular weight is 403 g/mol. The second-order valence-corrected chi connectivity index (χ2v) is 9.24. The van der Waals surface area contributed by atoms with Gasteiger partial charge in [0.15, 0.2) is 6.29 Å². The van der Waals surface area contributed by atoms with Crippen LogP contribution in [0.5, 0.6) is 11.5 Å². The highest BCUT2D eigenvalue weighted by Crippen LogP contribution is 2.40. The first-order valence-corrected chi connectivity index (χ1v) is 11.6. The van der Waals surface area contributed by atoms with E-state index >= 15 is 0 Å². The van der Waals surface area contributed by atoms with Crippen molar-refractivity contribution in [1.82, 2.24) is 0 Å². The number of benzene rings is 1. The van der Waals surface area contributed by atoms with E-state index in [4.69, 9.17) is 23.7 Å². The van der Waals surface area contributed by atoms with E-state index in [1.54, 1.807) is 0 Å². The maximum absolute atomic E-state index is 6.14. The zero-order chi connectivity index (χ0) is 19.6. The van der Waals surface area contributed by atoms with Crippen LogP contribution in [0.3, 0.4) is 0 Å². The number of hydrogen-bond donors (Lipinski definition) is 0. The van der Waals surface area contributed by atoms with Gasteiger partial charge < -0.3 is 23.7 Å². The van der Waals surface area contributed by atoms with Crippen molar-refractivity contribution in [2.24, 2.45) is 11.8 Å². The van der Waals surface area contributed by atoms with Gasteiger partial charge in [0, 0.05) is 6.42 Å². The van der Waals surface area contributed by atoms with E-state index in [1.165, 1.54) is 25.7 Å². The predicted octanol–water partition coefficient (Wildman–Crippen LogP) is 4.72. The first-order chi connectivity index (χ1) is 14.3. The number of hydrogen-bond acceptors (Lipinski definition) is 5. The summed E-state index contributed by atoms with van der Waals surface area (Å²) in [5.41, 5.74) is 0. The van der Waals surface area contributed by atoms with Crippen molar-refractivity contribution >= 4 is 0 Å². The van der Waals surface area contributed by atoms with Crippen molar-refractivity contribution in [2.75, 3.05) is 13.2 Å². The Hall–Kier alpha value is -1.30. The largest absolute Gasteiger partial charge is 0.493 e. The first kappa shape index (κ1) is 19.7. The number of epoxide rings is 2. The summed E-state index contributed by atoms with van der Waals surface area (Å²) in [5.74, 6) is 2.98. The highest BCUT2D eigenvalue weighted by molar-refractivity contribution is 5.31. The van der Waals surface area contributed by atoms with Crippen LogP contribution < -0.4 is 9.47 Å². The lowest BCUT2D eigenvalue weighted by Gasteiger charge is -2.24. The Bertz CT molecular complexity index is 662. The third-order valence-corrected chi connectivity index (χ3v) is 6.84. The summed E-state index contributed by atoms with van der Waals surface area (Å²) in [4.78, 5) is 0. The Balaban J connectivity index is 1.06. The minimum absolute atomic E-state index is 0.182. The fraction of sp³-hybridized carbons (Fsp3) is 0.750. The van der Waals surface area contributed by atoms with Crippen molar-refractivity contribution in [3.8, 4) is 11.5 Å². The fourth-order valence-electron chi connectivity index (χ4n) is 4.91. The predicted molar refractivity (Wildman–Crippen MR) is 109 cm³/mol. The highest BCUT2D eigenvalue weighted by Gasteiger charge is 2.44. The van der Waals surface area contributed by atoms with Gasteiger partial charge in [-0.2, -0.15) is 0 Å². The Morgan fingerprint density at radius 2 is 1.45 bits per heavy atom. The Morgan fingerprint density at radius 1 is 0.828 bits per heavy atom. The van der Waals surface area contributed by atoms with E-state index in [0.29, 0.717) is 36.3 Å². The van der Waals surface area contributed by atoms with Gasteiger partial charge in [0.1, 0.15) is 11.5 Å². The third-order valence-electron chi connectivity index (χ3n) is 6.84. The van der Waals surface area contributed by atoms with Gasteiger partial charge in [-0.05, 0) is 74.6 Å². The molecule has 0 N–H and O–H groups in total. The number of fused-ring (bicyclic) bond motifs is 2. The molecule has 2 saturated carbocycles. The van der Waals surface area contributed by atoms with Crippen molar-refractivity contribution in [3.63, 3.8) is 0 Å². The summed E-state index contributed by atoms with van der Waals surface area (Å²) in [6, 6.07) is 7.99. The molecule has 160 valence electrons. The molecule has 1 aromatic carbocycles.